The third-order valence-electron chi connectivity index (χ3n) is 8.33. The summed E-state index contributed by atoms with van der Waals surface area (Å²) in [5.41, 5.74) is 2.07. The van der Waals surface area contributed by atoms with Crippen molar-refractivity contribution < 1.29 is 33.3 Å². The molecule has 3 aromatic carbocycles. The second kappa shape index (κ2) is 15.2. The maximum atomic E-state index is 12.4. The standard InChI is InChI=1S/C20H21ClN2O4.C15H16O4.ClH/c21-16-2-4-17(5-3-16)25-13-20(24)23-9-7-22(8-10-23)12-15-1-6-18-19(11-15)27-14-26-18;1-8-3-4-10-12(18-7-8)6-13-14(15(10)17)11(16)5-9(2)19-13;/h1-6,11H,7-10,12-14H2;5-6,8,17H,3-4,7H2,1-2H3;1H. The van der Waals surface area contributed by atoms with Crippen molar-refractivity contribution in [2.45, 2.75) is 33.2 Å². The number of rotatable bonds is 5. The molecule has 1 N–H and O–H groups in total. The van der Waals surface area contributed by atoms with E-state index in [0.717, 1.165) is 37.6 Å². The van der Waals surface area contributed by atoms with E-state index in [-0.39, 0.29) is 48.3 Å². The first kappa shape index (κ1) is 34.2. The summed E-state index contributed by atoms with van der Waals surface area (Å²) in [6, 6.07) is 16.2. The highest BCUT2D eigenvalue weighted by Crippen LogP contribution is 2.38. The number of hydrogen-bond donors (Lipinski definition) is 1. The van der Waals surface area contributed by atoms with Gasteiger partial charge >= 0.3 is 0 Å². The maximum absolute atomic E-state index is 12.4. The van der Waals surface area contributed by atoms with Crippen molar-refractivity contribution in [3.63, 3.8) is 0 Å². The third kappa shape index (κ3) is 8.25. The van der Waals surface area contributed by atoms with E-state index in [1.807, 2.05) is 17.0 Å². The molecule has 1 saturated heterocycles. The minimum atomic E-state index is -0.212. The molecule has 10 nitrogen and oxygen atoms in total. The van der Waals surface area contributed by atoms with Crippen LogP contribution in [-0.2, 0) is 17.8 Å². The minimum absolute atomic E-state index is 0. The number of benzene rings is 3. The van der Waals surface area contributed by atoms with Crippen LogP contribution in [0.4, 0.5) is 0 Å². The van der Waals surface area contributed by atoms with E-state index in [2.05, 4.69) is 17.9 Å². The van der Waals surface area contributed by atoms with E-state index in [1.165, 1.54) is 11.6 Å². The van der Waals surface area contributed by atoms with E-state index in [4.69, 9.17) is 35.0 Å². The molecule has 1 atom stereocenters. The fraction of sp³-hybridized carbons (Fsp3) is 0.371. The number of phenols is 1. The minimum Gasteiger partial charge on any atom is -0.507 e. The number of carbonyl (C=O) groups is 1. The Kier molecular flexibility index (Phi) is 11.1. The molecule has 0 bridgehead atoms. The zero-order valence-corrected chi connectivity index (χ0v) is 27.9. The number of hydrogen-bond acceptors (Lipinski definition) is 9. The Labute approximate surface area is 284 Å². The lowest BCUT2D eigenvalue weighted by molar-refractivity contribution is -0.135. The summed E-state index contributed by atoms with van der Waals surface area (Å²) in [4.78, 5) is 28.5. The van der Waals surface area contributed by atoms with Crippen LogP contribution < -0.4 is 24.4 Å². The average molecular weight is 686 g/mol. The lowest BCUT2D eigenvalue weighted by Crippen LogP contribution is -2.49. The molecule has 1 unspecified atom stereocenters. The van der Waals surface area contributed by atoms with Gasteiger partial charge in [-0.3, -0.25) is 14.5 Å². The summed E-state index contributed by atoms with van der Waals surface area (Å²) in [6.45, 7) is 8.68. The fourth-order valence-electron chi connectivity index (χ4n) is 5.74. The van der Waals surface area contributed by atoms with E-state index in [0.29, 0.717) is 65.5 Å². The first-order valence-corrected chi connectivity index (χ1v) is 15.8. The quantitative estimate of drug-likeness (QED) is 0.271. The zero-order valence-electron chi connectivity index (χ0n) is 26.3. The summed E-state index contributed by atoms with van der Waals surface area (Å²) in [5.74, 6) is 3.86. The average Bonchev–Trinajstić information content (AvgIpc) is 3.43. The second-order valence-corrected chi connectivity index (χ2v) is 12.3. The van der Waals surface area contributed by atoms with Crippen LogP contribution in [-0.4, -0.2) is 67.0 Å². The van der Waals surface area contributed by atoms with Crippen LogP contribution in [0.25, 0.3) is 11.0 Å². The van der Waals surface area contributed by atoms with E-state index < -0.39 is 0 Å². The first-order chi connectivity index (χ1) is 22.2. The Morgan fingerprint density at radius 1 is 0.979 bits per heavy atom. The van der Waals surface area contributed by atoms with Gasteiger partial charge in [0.1, 0.15) is 34.0 Å². The smallest absolute Gasteiger partial charge is 0.260 e. The number of aryl methyl sites for hydroxylation is 1. The Morgan fingerprint density at radius 2 is 1.72 bits per heavy atom. The van der Waals surface area contributed by atoms with Gasteiger partial charge in [0.2, 0.25) is 6.79 Å². The number of fused-ring (bicyclic) bond motifs is 3. The highest BCUT2D eigenvalue weighted by molar-refractivity contribution is 6.30. The van der Waals surface area contributed by atoms with Crippen LogP contribution in [0.5, 0.6) is 28.7 Å². The van der Waals surface area contributed by atoms with Crippen LogP contribution in [0.15, 0.2) is 63.8 Å². The summed E-state index contributed by atoms with van der Waals surface area (Å²) in [5, 5.41) is 11.2. The predicted octanol–water partition coefficient (Wildman–Crippen LogP) is 5.98. The molecule has 1 aromatic heterocycles. The number of amides is 1. The summed E-state index contributed by atoms with van der Waals surface area (Å²) >= 11 is 5.85. The molecule has 0 aliphatic carbocycles. The number of halogens is 2. The van der Waals surface area contributed by atoms with Gasteiger partial charge < -0.3 is 33.4 Å². The largest absolute Gasteiger partial charge is 0.507 e. The van der Waals surface area contributed by atoms with Gasteiger partial charge in [-0.15, -0.1) is 12.4 Å². The number of piperazine rings is 1. The maximum Gasteiger partial charge on any atom is 0.260 e. The second-order valence-electron chi connectivity index (χ2n) is 11.8. The lowest BCUT2D eigenvalue weighted by Gasteiger charge is -2.34. The summed E-state index contributed by atoms with van der Waals surface area (Å²) < 4.78 is 27.6. The number of phenolic OH excluding ortho intramolecular Hbond substituents is 1. The van der Waals surface area contributed by atoms with E-state index in [9.17, 15) is 14.7 Å². The molecule has 250 valence electrons. The van der Waals surface area contributed by atoms with Gasteiger partial charge in [-0.25, -0.2) is 0 Å². The highest BCUT2D eigenvalue weighted by atomic mass is 35.5. The molecule has 47 heavy (non-hydrogen) atoms. The fourth-order valence-corrected chi connectivity index (χ4v) is 5.86. The van der Waals surface area contributed by atoms with Gasteiger partial charge in [-0.05, 0) is 67.6 Å². The van der Waals surface area contributed by atoms with Crippen LogP contribution in [0.3, 0.4) is 0 Å². The molecule has 1 amide bonds. The molecule has 1 fully saturated rings. The van der Waals surface area contributed by atoms with Crippen molar-refractivity contribution in [1.82, 2.24) is 9.80 Å². The molecule has 3 aliphatic heterocycles. The van der Waals surface area contributed by atoms with Gasteiger partial charge in [0.25, 0.3) is 5.91 Å². The van der Waals surface area contributed by atoms with Crippen LogP contribution >= 0.6 is 24.0 Å². The SMILES string of the molecule is Cc1cc(=O)c2c(O)c3c(cc2o1)OCC(C)CC3.Cl.O=C(COc1ccc(Cl)cc1)N1CCN(Cc2ccc3c(c2)OCO3)CC1. The van der Waals surface area contributed by atoms with Crippen LogP contribution in [0, 0.1) is 12.8 Å². The van der Waals surface area contributed by atoms with Gasteiger partial charge in [-0.2, -0.15) is 0 Å². The molecule has 4 heterocycles. The normalized spacial score (nSPS) is 17.0. The van der Waals surface area contributed by atoms with Crippen molar-refractivity contribution >= 4 is 40.9 Å². The Morgan fingerprint density at radius 3 is 2.49 bits per heavy atom. The Bertz CT molecular complexity index is 1770. The molecule has 0 saturated carbocycles. The topological polar surface area (TPSA) is 111 Å². The van der Waals surface area contributed by atoms with E-state index in [1.54, 1.807) is 37.3 Å². The summed E-state index contributed by atoms with van der Waals surface area (Å²) in [7, 11) is 0. The number of nitrogens with zero attached hydrogens (tertiary/aromatic N) is 2. The highest BCUT2D eigenvalue weighted by Gasteiger charge is 2.23. The monoisotopic (exact) mass is 684 g/mol. The van der Waals surface area contributed by atoms with Crippen molar-refractivity contribution in [2.24, 2.45) is 5.92 Å². The van der Waals surface area contributed by atoms with Gasteiger partial charge in [-0.1, -0.05) is 24.6 Å². The lowest BCUT2D eigenvalue weighted by atomic mass is 10.00. The van der Waals surface area contributed by atoms with Crippen LogP contribution in [0.2, 0.25) is 5.02 Å². The molecule has 0 spiro atoms. The van der Waals surface area contributed by atoms with Crippen LogP contribution in [0.1, 0.15) is 30.2 Å². The number of ether oxygens (including phenoxy) is 4. The summed E-state index contributed by atoms with van der Waals surface area (Å²) in [6.07, 6.45) is 1.65. The van der Waals surface area contributed by atoms with Gasteiger partial charge in [0.15, 0.2) is 23.5 Å². The molecular formula is C35H38Cl2N2O8. The molecule has 4 aromatic rings. The van der Waals surface area contributed by atoms with Crippen molar-refractivity contribution in [1.29, 1.82) is 0 Å². The van der Waals surface area contributed by atoms with E-state index >= 15 is 0 Å². The first-order valence-electron chi connectivity index (χ1n) is 15.4. The van der Waals surface area contributed by atoms with Gasteiger partial charge in [0, 0.05) is 55.4 Å². The zero-order chi connectivity index (χ0) is 32.2. The number of aromatic hydroxyl groups is 1. The predicted molar refractivity (Wildman–Crippen MR) is 180 cm³/mol. The Hall–Kier alpha value is -4.12. The third-order valence-corrected chi connectivity index (χ3v) is 8.59. The van der Waals surface area contributed by atoms with Gasteiger partial charge in [0.05, 0.1) is 6.61 Å². The molecule has 12 heteroatoms. The molecule has 3 aliphatic rings. The van der Waals surface area contributed by atoms with Crippen molar-refractivity contribution in [3.8, 4) is 28.7 Å². The Balaban J connectivity index is 0.000000191. The molecule has 7 rings (SSSR count). The molecule has 0 radical (unpaired) electrons. The number of carbonyl (C=O) groups excluding carboxylic acids is 1. The molecular weight excluding hydrogens is 647 g/mol. The van der Waals surface area contributed by atoms with Crippen molar-refractivity contribution in [3.05, 3.63) is 86.7 Å². The van der Waals surface area contributed by atoms with Crippen molar-refractivity contribution in [2.75, 3.05) is 46.2 Å².